The molecule has 0 fully saturated rings. The van der Waals surface area contributed by atoms with Gasteiger partial charge in [0.05, 0.1) is 19.3 Å². The number of nitrogens with one attached hydrogen (secondary N) is 3. The first-order valence-corrected chi connectivity index (χ1v) is 9.37. The van der Waals surface area contributed by atoms with Gasteiger partial charge in [0.1, 0.15) is 5.75 Å². The maximum atomic E-state index is 5.74. The Hall–Kier alpha value is -2.50. The van der Waals surface area contributed by atoms with Crippen LogP contribution in [-0.4, -0.2) is 35.9 Å². The molecule has 26 heavy (non-hydrogen) atoms. The average Bonchev–Trinajstić information content (AvgIpc) is 3.03. The number of hydrogen-bond acceptors (Lipinski definition) is 3. The average molecular weight is 358 g/mol. The van der Waals surface area contributed by atoms with Crippen molar-refractivity contribution in [2.75, 3.05) is 19.7 Å². The van der Waals surface area contributed by atoms with E-state index >= 15 is 0 Å². The predicted octanol–water partition coefficient (Wildman–Crippen LogP) is 3.11. The third-order valence-corrected chi connectivity index (χ3v) is 4.12. The molecule has 0 unspecified atom stereocenters. The van der Waals surface area contributed by atoms with Crippen LogP contribution < -0.4 is 15.4 Å². The van der Waals surface area contributed by atoms with Gasteiger partial charge in [0.25, 0.3) is 0 Å². The van der Waals surface area contributed by atoms with Crippen molar-refractivity contribution in [3.05, 3.63) is 46.8 Å². The molecule has 0 saturated carbocycles. The highest BCUT2D eigenvalue weighted by Gasteiger charge is 2.05. The molecule has 1 heterocycles. The standard InChI is InChI=1S/C20H31N5O/c1-5-21-20(22-11-7-8-17-14-24-25-16(17)4)23-13-18-10-9-15(3)12-19(18)26-6-2/h9-10,12,14H,5-8,11,13H2,1-4H3,(H,24,25)(H2,21,22,23). The van der Waals surface area contributed by atoms with E-state index in [0.717, 1.165) is 48.9 Å². The summed E-state index contributed by atoms with van der Waals surface area (Å²) in [5, 5.41) is 13.7. The molecule has 6 nitrogen and oxygen atoms in total. The molecule has 0 radical (unpaired) electrons. The van der Waals surface area contributed by atoms with Gasteiger partial charge in [-0.25, -0.2) is 4.99 Å². The molecule has 1 aromatic heterocycles. The van der Waals surface area contributed by atoms with Crippen LogP contribution in [0.4, 0.5) is 0 Å². The van der Waals surface area contributed by atoms with Crippen LogP contribution in [0.1, 0.15) is 42.7 Å². The summed E-state index contributed by atoms with van der Waals surface area (Å²) in [7, 11) is 0. The van der Waals surface area contributed by atoms with Gasteiger partial charge in [-0.05, 0) is 57.7 Å². The second kappa shape index (κ2) is 10.5. The van der Waals surface area contributed by atoms with Crippen molar-refractivity contribution in [2.24, 2.45) is 4.99 Å². The summed E-state index contributed by atoms with van der Waals surface area (Å²) >= 11 is 0. The third-order valence-electron chi connectivity index (χ3n) is 4.12. The normalized spacial score (nSPS) is 11.5. The van der Waals surface area contributed by atoms with E-state index in [4.69, 9.17) is 9.73 Å². The van der Waals surface area contributed by atoms with E-state index in [1.165, 1.54) is 11.1 Å². The number of aliphatic imine (C=N–C) groups is 1. The highest BCUT2D eigenvalue weighted by molar-refractivity contribution is 5.79. The van der Waals surface area contributed by atoms with Crippen LogP contribution in [0.5, 0.6) is 5.75 Å². The van der Waals surface area contributed by atoms with E-state index in [0.29, 0.717) is 13.2 Å². The second-order valence-electron chi connectivity index (χ2n) is 6.29. The highest BCUT2D eigenvalue weighted by atomic mass is 16.5. The van der Waals surface area contributed by atoms with Crippen molar-refractivity contribution in [2.45, 2.75) is 47.1 Å². The molecule has 6 heteroatoms. The number of hydrogen-bond donors (Lipinski definition) is 3. The molecule has 142 valence electrons. The molecule has 2 aromatic rings. The van der Waals surface area contributed by atoms with Crippen molar-refractivity contribution < 1.29 is 4.74 Å². The van der Waals surface area contributed by atoms with E-state index in [1.807, 2.05) is 13.1 Å². The minimum atomic E-state index is 0.589. The summed E-state index contributed by atoms with van der Waals surface area (Å²) in [5.41, 5.74) is 4.72. The van der Waals surface area contributed by atoms with E-state index in [-0.39, 0.29) is 0 Å². The van der Waals surface area contributed by atoms with Crippen molar-refractivity contribution in [3.63, 3.8) is 0 Å². The lowest BCUT2D eigenvalue weighted by molar-refractivity contribution is 0.336. The van der Waals surface area contributed by atoms with Gasteiger partial charge in [-0.15, -0.1) is 0 Å². The Bertz CT molecular complexity index is 708. The van der Waals surface area contributed by atoms with Gasteiger partial charge in [0.2, 0.25) is 0 Å². The van der Waals surface area contributed by atoms with E-state index in [2.05, 4.69) is 59.8 Å². The zero-order valence-electron chi connectivity index (χ0n) is 16.4. The lowest BCUT2D eigenvalue weighted by Crippen LogP contribution is -2.37. The quantitative estimate of drug-likeness (QED) is 0.366. The molecule has 0 bridgehead atoms. The van der Waals surface area contributed by atoms with Gasteiger partial charge >= 0.3 is 0 Å². The van der Waals surface area contributed by atoms with Gasteiger partial charge < -0.3 is 15.4 Å². The van der Waals surface area contributed by atoms with Crippen LogP contribution >= 0.6 is 0 Å². The summed E-state index contributed by atoms with van der Waals surface area (Å²) in [6, 6.07) is 6.26. The third kappa shape index (κ3) is 6.10. The number of ether oxygens (including phenoxy) is 1. The van der Waals surface area contributed by atoms with Crippen molar-refractivity contribution in [1.29, 1.82) is 0 Å². The summed E-state index contributed by atoms with van der Waals surface area (Å²) in [4.78, 5) is 4.70. The minimum absolute atomic E-state index is 0.589. The number of H-pyrrole nitrogens is 1. The number of nitrogens with zero attached hydrogens (tertiary/aromatic N) is 2. The van der Waals surface area contributed by atoms with Crippen LogP contribution in [0.15, 0.2) is 29.4 Å². The number of aromatic nitrogens is 2. The molecule has 0 saturated heterocycles. The summed E-state index contributed by atoms with van der Waals surface area (Å²) < 4.78 is 5.74. The Morgan fingerprint density at radius 3 is 2.73 bits per heavy atom. The van der Waals surface area contributed by atoms with Gasteiger partial charge in [-0.1, -0.05) is 12.1 Å². The molecule has 0 atom stereocenters. The maximum absolute atomic E-state index is 5.74. The maximum Gasteiger partial charge on any atom is 0.191 e. The lowest BCUT2D eigenvalue weighted by Gasteiger charge is -2.13. The monoisotopic (exact) mass is 357 g/mol. The van der Waals surface area contributed by atoms with Crippen LogP contribution in [0, 0.1) is 13.8 Å². The van der Waals surface area contributed by atoms with Crippen molar-refractivity contribution in [1.82, 2.24) is 20.8 Å². The van der Waals surface area contributed by atoms with Crippen LogP contribution in [0.25, 0.3) is 0 Å². The summed E-state index contributed by atoms with van der Waals surface area (Å²) in [6.07, 6.45) is 3.93. The van der Waals surface area contributed by atoms with E-state index in [9.17, 15) is 0 Å². The molecular weight excluding hydrogens is 326 g/mol. The van der Waals surface area contributed by atoms with Crippen LogP contribution in [-0.2, 0) is 13.0 Å². The molecule has 0 aliphatic rings. The fourth-order valence-electron chi connectivity index (χ4n) is 2.70. The minimum Gasteiger partial charge on any atom is -0.494 e. The van der Waals surface area contributed by atoms with Gasteiger partial charge in [-0.2, -0.15) is 5.10 Å². The first-order chi connectivity index (χ1) is 12.6. The summed E-state index contributed by atoms with van der Waals surface area (Å²) in [5.74, 6) is 1.75. The van der Waals surface area contributed by atoms with Crippen molar-refractivity contribution in [3.8, 4) is 5.75 Å². The predicted molar refractivity (Wildman–Crippen MR) is 107 cm³/mol. The number of aryl methyl sites for hydroxylation is 3. The van der Waals surface area contributed by atoms with Crippen molar-refractivity contribution >= 4 is 5.96 Å². The number of rotatable bonds is 9. The smallest absolute Gasteiger partial charge is 0.191 e. The number of aromatic amines is 1. The molecule has 2 rings (SSSR count). The van der Waals surface area contributed by atoms with Crippen LogP contribution in [0.2, 0.25) is 0 Å². The molecule has 0 spiro atoms. The molecule has 0 aliphatic carbocycles. The number of guanidine groups is 1. The Morgan fingerprint density at radius 2 is 2.04 bits per heavy atom. The Kier molecular flexibility index (Phi) is 7.99. The topological polar surface area (TPSA) is 74.3 Å². The SMILES string of the molecule is CCNC(=NCc1ccc(C)cc1OCC)NCCCc1cn[nH]c1C. The molecule has 0 amide bonds. The Labute approximate surface area is 156 Å². The van der Waals surface area contributed by atoms with Gasteiger partial charge in [0, 0.05) is 24.3 Å². The zero-order chi connectivity index (χ0) is 18.8. The summed E-state index contributed by atoms with van der Waals surface area (Å²) in [6.45, 7) is 11.1. The van der Waals surface area contributed by atoms with Gasteiger partial charge in [0.15, 0.2) is 5.96 Å². The van der Waals surface area contributed by atoms with Gasteiger partial charge in [-0.3, -0.25) is 5.10 Å². The Balaban J connectivity index is 1.90. The fourth-order valence-corrected chi connectivity index (χ4v) is 2.70. The van der Waals surface area contributed by atoms with Crippen LogP contribution in [0.3, 0.4) is 0 Å². The highest BCUT2D eigenvalue weighted by Crippen LogP contribution is 2.21. The molecule has 0 aliphatic heterocycles. The molecule has 1 aromatic carbocycles. The first-order valence-electron chi connectivity index (χ1n) is 9.37. The number of benzene rings is 1. The zero-order valence-corrected chi connectivity index (χ0v) is 16.4. The molecular formula is C20H31N5O. The van der Waals surface area contributed by atoms with E-state index < -0.39 is 0 Å². The fraction of sp³-hybridized carbons (Fsp3) is 0.500. The Morgan fingerprint density at radius 1 is 1.19 bits per heavy atom. The lowest BCUT2D eigenvalue weighted by atomic mass is 10.1. The second-order valence-corrected chi connectivity index (χ2v) is 6.29. The molecule has 3 N–H and O–H groups in total. The first kappa shape index (κ1) is 19.8. The largest absolute Gasteiger partial charge is 0.494 e. The van der Waals surface area contributed by atoms with E-state index in [1.54, 1.807) is 0 Å².